The standard InChI is InChI=1S/C16H14N4O3S/c17-15(22)14-11-5-1-2-6-12(11)16(23)20(19-14)9-13(21)18-8-10-4-3-7-24-10/h1-7H,8-9H2,(H2,17,22)(H,18,21). The van der Waals surface area contributed by atoms with Gasteiger partial charge in [0.05, 0.1) is 11.9 Å². The number of aromatic nitrogens is 2. The van der Waals surface area contributed by atoms with Gasteiger partial charge in [0.15, 0.2) is 5.69 Å². The molecule has 2 heterocycles. The van der Waals surface area contributed by atoms with Crippen molar-refractivity contribution < 1.29 is 9.59 Å². The maximum Gasteiger partial charge on any atom is 0.275 e. The van der Waals surface area contributed by atoms with E-state index in [4.69, 9.17) is 5.73 Å². The number of hydrogen-bond acceptors (Lipinski definition) is 5. The summed E-state index contributed by atoms with van der Waals surface area (Å²) < 4.78 is 0.964. The quantitative estimate of drug-likeness (QED) is 0.717. The molecule has 0 unspecified atom stereocenters. The van der Waals surface area contributed by atoms with Gasteiger partial charge in [0.2, 0.25) is 5.91 Å². The van der Waals surface area contributed by atoms with Crippen molar-refractivity contribution in [2.75, 3.05) is 0 Å². The number of nitrogens with zero attached hydrogens (tertiary/aromatic N) is 2. The Labute approximate surface area is 140 Å². The topological polar surface area (TPSA) is 107 Å². The van der Waals surface area contributed by atoms with Gasteiger partial charge in [0.1, 0.15) is 6.54 Å². The van der Waals surface area contributed by atoms with Gasteiger partial charge in [0.25, 0.3) is 11.5 Å². The lowest BCUT2D eigenvalue weighted by atomic mass is 10.1. The van der Waals surface area contributed by atoms with E-state index in [-0.39, 0.29) is 18.1 Å². The van der Waals surface area contributed by atoms with Crippen molar-refractivity contribution in [3.63, 3.8) is 0 Å². The predicted octanol–water partition coefficient (Wildman–Crippen LogP) is 0.873. The van der Waals surface area contributed by atoms with Crippen molar-refractivity contribution in [1.29, 1.82) is 0 Å². The molecule has 0 saturated heterocycles. The third kappa shape index (κ3) is 3.18. The Morgan fingerprint density at radius 1 is 1.17 bits per heavy atom. The molecule has 0 atom stereocenters. The van der Waals surface area contributed by atoms with E-state index in [0.29, 0.717) is 17.3 Å². The van der Waals surface area contributed by atoms with E-state index in [1.807, 2.05) is 17.5 Å². The van der Waals surface area contributed by atoms with Crippen LogP contribution in [-0.2, 0) is 17.9 Å². The number of carbonyl (C=O) groups excluding carboxylic acids is 2. The highest BCUT2D eigenvalue weighted by Gasteiger charge is 2.15. The van der Waals surface area contributed by atoms with Crippen LogP contribution in [0.15, 0.2) is 46.6 Å². The Balaban J connectivity index is 1.89. The number of benzene rings is 1. The molecule has 7 nitrogen and oxygen atoms in total. The molecule has 0 aliphatic rings. The predicted molar refractivity (Wildman–Crippen MR) is 90.7 cm³/mol. The zero-order valence-corrected chi connectivity index (χ0v) is 13.4. The summed E-state index contributed by atoms with van der Waals surface area (Å²) in [5.41, 5.74) is 4.86. The van der Waals surface area contributed by atoms with Gasteiger partial charge in [0, 0.05) is 10.3 Å². The molecule has 1 aromatic carbocycles. The van der Waals surface area contributed by atoms with Crippen LogP contribution in [0.4, 0.5) is 0 Å². The zero-order valence-electron chi connectivity index (χ0n) is 12.6. The number of thiophene rings is 1. The Bertz CT molecular complexity index is 963. The van der Waals surface area contributed by atoms with E-state index < -0.39 is 11.5 Å². The van der Waals surface area contributed by atoms with Gasteiger partial charge in [-0.1, -0.05) is 24.3 Å². The molecule has 0 bridgehead atoms. The Morgan fingerprint density at radius 3 is 2.58 bits per heavy atom. The van der Waals surface area contributed by atoms with E-state index in [2.05, 4.69) is 10.4 Å². The second kappa shape index (κ2) is 6.63. The maximum atomic E-state index is 12.4. The zero-order chi connectivity index (χ0) is 17.1. The first kappa shape index (κ1) is 15.9. The first-order chi connectivity index (χ1) is 11.6. The summed E-state index contributed by atoms with van der Waals surface area (Å²) in [4.78, 5) is 37.1. The minimum Gasteiger partial charge on any atom is -0.364 e. The van der Waals surface area contributed by atoms with Crippen LogP contribution in [0.25, 0.3) is 10.8 Å². The summed E-state index contributed by atoms with van der Waals surface area (Å²) in [7, 11) is 0. The molecule has 0 aliphatic heterocycles. The molecule has 8 heteroatoms. The van der Waals surface area contributed by atoms with Crippen LogP contribution in [0, 0.1) is 0 Å². The van der Waals surface area contributed by atoms with Crippen molar-refractivity contribution in [3.8, 4) is 0 Å². The molecule has 0 spiro atoms. The van der Waals surface area contributed by atoms with Gasteiger partial charge in [-0.3, -0.25) is 14.4 Å². The number of fused-ring (bicyclic) bond motifs is 1. The first-order valence-electron chi connectivity index (χ1n) is 7.15. The number of primary amides is 1. The highest BCUT2D eigenvalue weighted by atomic mass is 32.1. The lowest BCUT2D eigenvalue weighted by Gasteiger charge is -2.09. The summed E-state index contributed by atoms with van der Waals surface area (Å²) in [6.07, 6.45) is 0. The Morgan fingerprint density at radius 2 is 1.92 bits per heavy atom. The first-order valence-corrected chi connectivity index (χ1v) is 8.03. The van der Waals surface area contributed by atoms with Gasteiger partial charge in [-0.15, -0.1) is 11.3 Å². The van der Waals surface area contributed by atoms with Gasteiger partial charge >= 0.3 is 0 Å². The van der Waals surface area contributed by atoms with Crippen molar-refractivity contribution in [1.82, 2.24) is 15.1 Å². The van der Waals surface area contributed by atoms with Gasteiger partial charge in [-0.25, -0.2) is 4.68 Å². The maximum absolute atomic E-state index is 12.4. The summed E-state index contributed by atoms with van der Waals surface area (Å²) in [5.74, 6) is -1.12. The van der Waals surface area contributed by atoms with Gasteiger partial charge < -0.3 is 11.1 Å². The summed E-state index contributed by atoms with van der Waals surface area (Å²) in [5, 5.41) is 9.26. The molecule has 0 aliphatic carbocycles. The molecule has 3 rings (SSSR count). The fourth-order valence-electron chi connectivity index (χ4n) is 2.32. The molecule has 2 aromatic heterocycles. The second-order valence-corrected chi connectivity index (χ2v) is 6.11. The SMILES string of the molecule is NC(=O)c1nn(CC(=O)NCc2cccs2)c(=O)c2ccccc12. The number of carbonyl (C=O) groups is 2. The summed E-state index contributed by atoms with van der Waals surface area (Å²) in [6.45, 7) is 0.0941. The van der Waals surface area contributed by atoms with Gasteiger partial charge in [-0.05, 0) is 17.5 Å². The molecule has 122 valence electrons. The van der Waals surface area contributed by atoms with Crippen molar-refractivity contribution in [2.24, 2.45) is 5.73 Å². The van der Waals surface area contributed by atoms with Crippen LogP contribution in [0.1, 0.15) is 15.4 Å². The fourth-order valence-corrected chi connectivity index (χ4v) is 2.96. The number of nitrogens with two attached hydrogens (primary N) is 1. The largest absolute Gasteiger partial charge is 0.364 e. The highest BCUT2D eigenvalue weighted by Crippen LogP contribution is 2.12. The van der Waals surface area contributed by atoms with Crippen LogP contribution >= 0.6 is 11.3 Å². The highest BCUT2D eigenvalue weighted by molar-refractivity contribution is 7.09. The lowest BCUT2D eigenvalue weighted by molar-refractivity contribution is -0.122. The molecular weight excluding hydrogens is 328 g/mol. The molecule has 0 fully saturated rings. The minimum atomic E-state index is -0.751. The number of rotatable bonds is 5. The molecule has 3 aromatic rings. The monoisotopic (exact) mass is 342 g/mol. The van der Waals surface area contributed by atoms with Crippen LogP contribution < -0.4 is 16.6 Å². The van der Waals surface area contributed by atoms with E-state index in [1.54, 1.807) is 24.3 Å². The Kier molecular flexibility index (Phi) is 4.39. The summed E-state index contributed by atoms with van der Waals surface area (Å²) >= 11 is 1.52. The number of amides is 2. The van der Waals surface area contributed by atoms with Crippen molar-refractivity contribution in [2.45, 2.75) is 13.1 Å². The molecule has 2 amide bonds. The van der Waals surface area contributed by atoms with Crippen molar-refractivity contribution in [3.05, 3.63) is 62.7 Å². The molecule has 24 heavy (non-hydrogen) atoms. The number of nitrogens with one attached hydrogen (secondary N) is 1. The van der Waals surface area contributed by atoms with Crippen molar-refractivity contribution >= 4 is 33.9 Å². The van der Waals surface area contributed by atoms with E-state index >= 15 is 0 Å². The number of hydrogen-bond donors (Lipinski definition) is 2. The average Bonchev–Trinajstić information content (AvgIpc) is 3.09. The third-order valence-electron chi connectivity index (χ3n) is 3.43. The molecule has 3 N–H and O–H groups in total. The fraction of sp³-hybridized carbons (Fsp3) is 0.125. The smallest absolute Gasteiger partial charge is 0.275 e. The van der Waals surface area contributed by atoms with Crippen LogP contribution in [-0.4, -0.2) is 21.6 Å². The lowest BCUT2D eigenvalue weighted by Crippen LogP contribution is -2.35. The Hall–Kier alpha value is -3.00. The van der Waals surface area contributed by atoms with Crippen LogP contribution in [0.5, 0.6) is 0 Å². The third-order valence-corrected chi connectivity index (χ3v) is 4.31. The molecular formula is C16H14N4O3S. The van der Waals surface area contributed by atoms with Gasteiger partial charge in [-0.2, -0.15) is 5.10 Å². The van der Waals surface area contributed by atoms with Crippen LogP contribution in [0.2, 0.25) is 0 Å². The molecule has 0 radical (unpaired) electrons. The van der Waals surface area contributed by atoms with E-state index in [1.165, 1.54) is 11.3 Å². The van der Waals surface area contributed by atoms with Crippen LogP contribution in [0.3, 0.4) is 0 Å². The van der Waals surface area contributed by atoms with E-state index in [0.717, 1.165) is 9.56 Å². The second-order valence-electron chi connectivity index (χ2n) is 5.08. The van der Waals surface area contributed by atoms with E-state index in [9.17, 15) is 14.4 Å². The normalized spacial score (nSPS) is 10.7. The average molecular weight is 342 g/mol. The molecule has 0 saturated carbocycles. The summed E-state index contributed by atoms with van der Waals surface area (Å²) in [6, 6.07) is 10.3. The minimum absolute atomic E-state index is 0.0312.